The number of rotatable bonds is 4. The Labute approximate surface area is 159 Å². The summed E-state index contributed by atoms with van der Waals surface area (Å²) in [7, 11) is -7.13. The van der Waals surface area contributed by atoms with Crippen LogP contribution in [0.15, 0.2) is 52.3 Å². The van der Waals surface area contributed by atoms with Crippen LogP contribution >= 0.6 is 0 Å². The van der Waals surface area contributed by atoms with E-state index in [9.17, 15) is 21.2 Å². The Morgan fingerprint density at radius 1 is 0.778 bits per heavy atom. The van der Waals surface area contributed by atoms with Crippen LogP contribution in [0.2, 0.25) is 0 Å². The van der Waals surface area contributed by atoms with Gasteiger partial charge in [-0.25, -0.2) is 21.2 Å². The molecule has 1 saturated heterocycles. The molecule has 0 N–H and O–H groups in total. The predicted molar refractivity (Wildman–Crippen MR) is 103 cm³/mol. The Bertz CT molecular complexity index is 1060. The summed E-state index contributed by atoms with van der Waals surface area (Å²) in [6.45, 7) is 2.04. The van der Waals surface area contributed by atoms with Crippen molar-refractivity contribution in [1.82, 2.24) is 0 Å². The molecule has 1 fully saturated rings. The second-order valence-corrected chi connectivity index (χ2v) is 10.6. The number of anilines is 2. The Kier molecular flexibility index (Phi) is 5.18. The maximum Gasteiger partial charge on any atom is 0.177 e. The largest absolute Gasteiger partial charge is 0.367 e. The number of hydrogen-bond acceptors (Lipinski definition) is 6. The van der Waals surface area contributed by atoms with Crippen LogP contribution in [-0.2, 0) is 19.7 Å². The summed E-state index contributed by atoms with van der Waals surface area (Å²) in [4.78, 5) is 3.76. The third-order valence-electron chi connectivity index (χ3n) is 4.57. The number of para-hydroxylation sites is 1. The van der Waals surface area contributed by atoms with E-state index in [1.54, 1.807) is 18.2 Å². The van der Waals surface area contributed by atoms with Gasteiger partial charge in [0.15, 0.2) is 19.7 Å². The van der Waals surface area contributed by atoms with Crippen molar-refractivity contribution in [3.8, 4) is 0 Å². The van der Waals surface area contributed by atoms with Crippen molar-refractivity contribution >= 4 is 31.0 Å². The minimum Gasteiger partial charge on any atom is -0.367 e. The second-order valence-electron chi connectivity index (χ2n) is 6.60. The molecule has 1 aliphatic rings. The number of hydrogen-bond donors (Lipinski definition) is 0. The molecule has 0 aliphatic carbocycles. The van der Waals surface area contributed by atoms with E-state index in [1.807, 2.05) is 9.80 Å². The van der Waals surface area contributed by atoms with Crippen LogP contribution < -0.4 is 9.80 Å². The zero-order chi connectivity index (χ0) is 19.8. The Morgan fingerprint density at radius 3 is 1.85 bits per heavy atom. The number of halogens is 1. The molecule has 0 atom stereocenters. The summed E-state index contributed by atoms with van der Waals surface area (Å²) < 4.78 is 62.0. The molecular formula is C18H21FN2O4S2. The van der Waals surface area contributed by atoms with Crippen molar-refractivity contribution in [3.63, 3.8) is 0 Å². The maximum absolute atomic E-state index is 14.0. The van der Waals surface area contributed by atoms with Crippen LogP contribution in [0.4, 0.5) is 15.8 Å². The van der Waals surface area contributed by atoms with E-state index >= 15 is 0 Å². The topological polar surface area (TPSA) is 74.8 Å². The first-order chi connectivity index (χ1) is 12.6. The molecule has 0 bridgehead atoms. The maximum atomic E-state index is 14.0. The molecule has 0 spiro atoms. The predicted octanol–water partition coefficient (Wildman–Crippen LogP) is 1.96. The Morgan fingerprint density at radius 2 is 1.33 bits per heavy atom. The minimum atomic E-state index is -3.62. The number of nitrogens with zero attached hydrogens (tertiary/aromatic N) is 2. The second kappa shape index (κ2) is 7.12. The SMILES string of the molecule is CS(=O)(=O)c1ccc(N2CCN(c3ccccc3F)CC2)c(S(C)(=O)=O)c1. The van der Waals surface area contributed by atoms with Crippen LogP contribution in [0.1, 0.15) is 0 Å². The standard InChI is InChI=1S/C18H21FN2O4S2/c1-26(22,23)14-7-8-17(18(13-14)27(2,24)25)21-11-9-20(10-12-21)16-6-4-3-5-15(16)19/h3-8,13H,9-12H2,1-2H3. The molecule has 1 heterocycles. The van der Waals surface area contributed by atoms with E-state index in [-0.39, 0.29) is 15.6 Å². The highest BCUT2D eigenvalue weighted by Gasteiger charge is 2.25. The fraction of sp³-hybridized carbons (Fsp3) is 0.333. The van der Waals surface area contributed by atoms with Gasteiger partial charge in [-0.3, -0.25) is 0 Å². The van der Waals surface area contributed by atoms with Crippen molar-refractivity contribution in [3.05, 3.63) is 48.3 Å². The van der Waals surface area contributed by atoms with Gasteiger partial charge >= 0.3 is 0 Å². The highest BCUT2D eigenvalue weighted by Crippen LogP contribution is 2.30. The molecule has 0 saturated carbocycles. The van der Waals surface area contributed by atoms with Crippen molar-refractivity contribution < 1.29 is 21.2 Å². The van der Waals surface area contributed by atoms with Crippen molar-refractivity contribution in [2.24, 2.45) is 0 Å². The molecule has 3 rings (SSSR count). The molecule has 0 radical (unpaired) electrons. The number of sulfone groups is 2. The van der Waals surface area contributed by atoms with Gasteiger partial charge in [0, 0.05) is 38.7 Å². The van der Waals surface area contributed by atoms with Gasteiger partial charge in [0.25, 0.3) is 0 Å². The van der Waals surface area contributed by atoms with Gasteiger partial charge in [0.2, 0.25) is 0 Å². The molecule has 2 aromatic carbocycles. The van der Waals surface area contributed by atoms with Crippen LogP contribution in [0.3, 0.4) is 0 Å². The average Bonchev–Trinajstić information content (AvgIpc) is 2.60. The lowest BCUT2D eigenvalue weighted by molar-refractivity contribution is 0.592. The third-order valence-corrected chi connectivity index (χ3v) is 6.81. The molecule has 0 unspecified atom stereocenters. The van der Waals surface area contributed by atoms with E-state index in [0.29, 0.717) is 37.6 Å². The van der Waals surface area contributed by atoms with Crippen molar-refractivity contribution in [2.45, 2.75) is 9.79 Å². The van der Waals surface area contributed by atoms with Crippen molar-refractivity contribution in [2.75, 3.05) is 48.5 Å². The summed E-state index contributed by atoms with van der Waals surface area (Å²) in [6.07, 6.45) is 2.11. The van der Waals surface area contributed by atoms with E-state index in [1.165, 1.54) is 24.3 Å². The molecule has 2 aromatic rings. The monoisotopic (exact) mass is 412 g/mol. The molecule has 9 heteroatoms. The fourth-order valence-electron chi connectivity index (χ4n) is 3.18. The fourth-order valence-corrected chi connectivity index (χ4v) is 4.82. The quantitative estimate of drug-likeness (QED) is 0.764. The summed E-state index contributed by atoms with van der Waals surface area (Å²) in [5, 5.41) is 0. The number of piperazine rings is 1. The highest BCUT2D eigenvalue weighted by molar-refractivity contribution is 7.91. The zero-order valence-electron chi connectivity index (χ0n) is 15.1. The van der Waals surface area contributed by atoms with Crippen LogP contribution in [0.5, 0.6) is 0 Å². The van der Waals surface area contributed by atoms with Gasteiger partial charge < -0.3 is 9.80 Å². The molecule has 6 nitrogen and oxygen atoms in total. The zero-order valence-corrected chi connectivity index (χ0v) is 16.7. The Balaban J connectivity index is 1.89. The first-order valence-electron chi connectivity index (χ1n) is 8.36. The molecule has 146 valence electrons. The molecular weight excluding hydrogens is 391 g/mol. The van der Waals surface area contributed by atoms with E-state index in [4.69, 9.17) is 0 Å². The smallest absolute Gasteiger partial charge is 0.177 e. The Hall–Kier alpha value is -2.13. The van der Waals surface area contributed by atoms with Gasteiger partial charge in [-0.1, -0.05) is 12.1 Å². The lowest BCUT2D eigenvalue weighted by Gasteiger charge is -2.38. The molecule has 27 heavy (non-hydrogen) atoms. The van der Waals surface area contributed by atoms with Crippen molar-refractivity contribution in [1.29, 1.82) is 0 Å². The average molecular weight is 413 g/mol. The lowest BCUT2D eigenvalue weighted by Crippen LogP contribution is -2.47. The van der Waals surface area contributed by atoms with Crippen LogP contribution in [-0.4, -0.2) is 55.5 Å². The van der Waals surface area contributed by atoms with E-state index in [0.717, 1.165) is 12.5 Å². The van der Waals surface area contributed by atoms with Gasteiger partial charge in [-0.15, -0.1) is 0 Å². The van der Waals surface area contributed by atoms with Gasteiger partial charge in [-0.2, -0.15) is 0 Å². The van der Waals surface area contributed by atoms with Gasteiger partial charge in [0.05, 0.1) is 21.2 Å². The summed E-state index contributed by atoms with van der Waals surface area (Å²) in [5.41, 5.74) is 0.992. The summed E-state index contributed by atoms with van der Waals surface area (Å²) in [5.74, 6) is -0.291. The number of benzene rings is 2. The lowest BCUT2D eigenvalue weighted by atomic mass is 10.2. The minimum absolute atomic E-state index is 0.00948. The van der Waals surface area contributed by atoms with E-state index < -0.39 is 19.7 Å². The molecule has 0 aromatic heterocycles. The molecule has 1 aliphatic heterocycles. The third kappa shape index (κ3) is 4.24. The highest BCUT2D eigenvalue weighted by atomic mass is 32.2. The van der Waals surface area contributed by atoms with Crippen LogP contribution in [0.25, 0.3) is 0 Å². The summed E-state index contributed by atoms with van der Waals surface area (Å²) >= 11 is 0. The van der Waals surface area contributed by atoms with Gasteiger partial charge in [0.1, 0.15) is 5.82 Å². The van der Waals surface area contributed by atoms with Gasteiger partial charge in [-0.05, 0) is 30.3 Å². The normalized spacial score (nSPS) is 15.8. The first-order valence-corrected chi connectivity index (χ1v) is 12.1. The van der Waals surface area contributed by atoms with Crippen LogP contribution in [0, 0.1) is 5.82 Å². The summed E-state index contributed by atoms with van der Waals surface area (Å²) in [6, 6.07) is 10.7. The first kappa shape index (κ1) is 19.6. The van der Waals surface area contributed by atoms with E-state index in [2.05, 4.69) is 0 Å². The molecule has 0 amide bonds.